The third kappa shape index (κ3) is 3.55. The molecule has 23 heavy (non-hydrogen) atoms. The minimum Gasteiger partial charge on any atom is -0.381 e. The predicted octanol–water partition coefficient (Wildman–Crippen LogP) is 1.38. The highest BCUT2D eigenvalue weighted by Crippen LogP contribution is 2.32. The standard InChI is InChI=1S/C18H24N2O3/c21-16-8-9-18(13-20-16,15-6-2-1-3-7-15)17(22)19-11-14-5-4-10-23-12-14/h1-3,6-7,14H,4-5,8-13H2,(H,19,22)(H,20,21)/t14-,18+/m0/s1. The Hall–Kier alpha value is -1.88. The fraction of sp³-hybridized carbons (Fsp3) is 0.556. The lowest BCUT2D eigenvalue weighted by Gasteiger charge is -2.37. The number of hydrogen-bond acceptors (Lipinski definition) is 3. The van der Waals surface area contributed by atoms with E-state index < -0.39 is 5.41 Å². The normalized spacial score (nSPS) is 28.0. The number of amides is 2. The second-order valence-electron chi connectivity index (χ2n) is 6.52. The van der Waals surface area contributed by atoms with E-state index in [1.165, 1.54) is 0 Å². The minimum atomic E-state index is -0.662. The Morgan fingerprint density at radius 1 is 1.35 bits per heavy atom. The first-order valence-corrected chi connectivity index (χ1v) is 8.39. The second-order valence-corrected chi connectivity index (χ2v) is 6.52. The first-order valence-electron chi connectivity index (χ1n) is 8.39. The van der Waals surface area contributed by atoms with E-state index in [0.717, 1.165) is 31.6 Å². The highest BCUT2D eigenvalue weighted by atomic mass is 16.5. The third-order valence-electron chi connectivity index (χ3n) is 4.93. The number of rotatable bonds is 4. The van der Waals surface area contributed by atoms with E-state index >= 15 is 0 Å². The van der Waals surface area contributed by atoms with Crippen LogP contribution in [-0.2, 0) is 19.7 Å². The van der Waals surface area contributed by atoms with E-state index in [1.807, 2.05) is 30.3 Å². The molecule has 0 bridgehead atoms. The van der Waals surface area contributed by atoms with Crippen molar-refractivity contribution in [1.29, 1.82) is 0 Å². The molecule has 1 aromatic rings. The summed E-state index contributed by atoms with van der Waals surface area (Å²) in [6.07, 6.45) is 3.08. The molecule has 2 saturated heterocycles. The molecule has 2 atom stereocenters. The molecule has 0 aliphatic carbocycles. The maximum atomic E-state index is 13.0. The van der Waals surface area contributed by atoms with Crippen molar-refractivity contribution < 1.29 is 14.3 Å². The summed E-state index contributed by atoms with van der Waals surface area (Å²) >= 11 is 0. The van der Waals surface area contributed by atoms with Gasteiger partial charge in [-0.05, 0) is 30.7 Å². The average molecular weight is 316 g/mol. The molecule has 2 fully saturated rings. The van der Waals surface area contributed by atoms with Crippen molar-refractivity contribution in [2.24, 2.45) is 5.92 Å². The van der Waals surface area contributed by atoms with Gasteiger partial charge >= 0.3 is 0 Å². The number of benzene rings is 1. The van der Waals surface area contributed by atoms with Gasteiger partial charge in [-0.2, -0.15) is 0 Å². The Morgan fingerprint density at radius 3 is 2.83 bits per heavy atom. The minimum absolute atomic E-state index is 0.00859. The fourth-order valence-corrected chi connectivity index (χ4v) is 3.46. The Labute approximate surface area is 136 Å². The molecule has 124 valence electrons. The van der Waals surface area contributed by atoms with Crippen LogP contribution in [0.1, 0.15) is 31.2 Å². The lowest BCUT2D eigenvalue weighted by molar-refractivity contribution is -0.131. The Morgan fingerprint density at radius 2 is 2.17 bits per heavy atom. The van der Waals surface area contributed by atoms with Gasteiger partial charge in [0.2, 0.25) is 11.8 Å². The van der Waals surface area contributed by atoms with E-state index in [0.29, 0.717) is 31.8 Å². The maximum Gasteiger partial charge on any atom is 0.232 e. The number of carbonyl (C=O) groups is 2. The molecule has 2 heterocycles. The van der Waals surface area contributed by atoms with Crippen LogP contribution in [0.15, 0.2) is 30.3 Å². The molecule has 0 unspecified atom stereocenters. The lowest BCUT2D eigenvalue weighted by Crippen LogP contribution is -2.55. The molecule has 5 heteroatoms. The van der Waals surface area contributed by atoms with Gasteiger partial charge in [-0.3, -0.25) is 9.59 Å². The van der Waals surface area contributed by atoms with Gasteiger partial charge in [0.15, 0.2) is 0 Å². The first-order chi connectivity index (χ1) is 11.2. The van der Waals surface area contributed by atoms with Gasteiger partial charge in [0.1, 0.15) is 0 Å². The second kappa shape index (κ2) is 7.13. The van der Waals surface area contributed by atoms with E-state index in [2.05, 4.69) is 10.6 Å². The van der Waals surface area contributed by atoms with Crippen LogP contribution in [0, 0.1) is 5.92 Å². The van der Waals surface area contributed by atoms with Crippen molar-refractivity contribution in [3.63, 3.8) is 0 Å². The topological polar surface area (TPSA) is 67.4 Å². The SMILES string of the molecule is O=C1CC[C@](C(=O)NC[C@@H]2CCCOC2)(c2ccccc2)CN1. The highest BCUT2D eigenvalue weighted by molar-refractivity contribution is 5.91. The van der Waals surface area contributed by atoms with Gasteiger partial charge in [0, 0.05) is 26.1 Å². The van der Waals surface area contributed by atoms with Crippen LogP contribution >= 0.6 is 0 Å². The number of hydrogen-bond donors (Lipinski definition) is 2. The van der Waals surface area contributed by atoms with Crippen molar-refractivity contribution in [2.45, 2.75) is 31.1 Å². The molecule has 1 aromatic carbocycles. The molecule has 2 amide bonds. The average Bonchev–Trinajstić information content (AvgIpc) is 2.62. The number of piperidine rings is 1. The number of ether oxygens (including phenoxy) is 1. The Kier molecular flexibility index (Phi) is 4.96. The summed E-state index contributed by atoms with van der Waals surface area (Å²) in [6, 6.07) is 9.77. The summed E-state index contributed by atoms with van der Waals surface area (Å²) < 4.78 is 5.48. The van der Waals surface area contributed by atoms with Gasteiger partial charge in [-0.1, -0.05) is 30.3 Å². The lowest BCUT2D eigenvalue weighted by atomic mass is 9.73. The van der Waals surface area contributed by atoms with Crippen LogP contribution in [0.2, 0.25) is 0 Å². The van der Waals surface area contributed by atoms with E-state index in [-0.39, 0.29) is 11.8 Å². The van der Waals surface area contributed by atoms with Crippen LogP contribution in [0.3, 0.4) is 0 Å². The third-order valence-corrected chi connectivity index (χ3v) is 4.93. The summed E-state index contributed by atoms with van der Waals surface area (Å²) in [5.41, 5.74) is 0.308. The molecule has 2 aliphatic rings. The van der Waals surface area contributed by atoms with Gasteiger partial charge in [-0.15, -0.1) is 0 Å². The van der Waals surface area contributed by atoms with Crippen LogP contribution in [-0.4, -0.2) is 38.1 Å². The maximum absolute atomic E-state index is 13.0. The monoisotopic (exact) mass is 316 g/mol. The number of nitrogens with one attached hydrogen (secondary N) is 2. The zero-order valence-corrected chi connectivity index (χ0v) is 13.3. The summed E-state index contributed by atoms with van der Waals surface area (Å²) in [7, 11) is 0. The summed E-state index contributed by atoms with van der Waals surface area (Å²) in [5, 5.41) is 5.97. The molecule has 0 radical (unpaired) electrons. The Balaban J connectivity index is 1.72. The van der Waals surface area contributed by atoms with E-state index in [1.54, 1.807) is 0 Å². The van der Waals surface area contributed by atoms with Gasteiger partial charge in [0.25, 0.3) is 0 Å². The van der Waals surface area contributed by atoms with Crippen LogP contribution in [0.4, 0.5) is 0 Å². The van der Waals surface area contributed by atoms with Gasteiger partial charge in [0.05, 0.1) is 12.0 Å². The van der Waals surface area contributed by atoms with Crippen molar-refractivity contribution in [3.05, 3.63) is 35.9 Å². The van der Waals surface area contributed by atoms with Crippen molar-refractivity contribution in [1.82, 2.24) is 10.6 Å². The van der Waals surface area contributed by atoms with E-state index in [9.17, 15) is 9.59 Å². The first kappa shape index (κ1) is 16.0. The summed E-state index contributed by atoms with van der Waals surface area (Å²) in [6.45, 7) is 2.55. The molecule has 5 nitrogen and oxygen atoms in total. The molecule has 2 N–H and O–H groups in total. The molecule has 0 saturated carbocycles. The van der Waals surface area contributed by atoms with Crippen molar-refractivity contribution in [3.8, 4) is 0 Å². The van der Waals surface area contributed by atoms with Crippen LogP contribution in [0.25, 0.3) is 0 Å². The summed E-state index contributed by atoms with van der Waals surface area (Å²) in [4.78, 5) is 24.5. The fourth-order valence-electron chi connectivity index (χ4n) is 3.46. The summed E-state index contributed by atoms with van der Waals surface area (Å²) in [5.74, 6) is 0.415. The van der Waals surface area contributed by atoms with Crippen LogP contribution < -0.4 is 10.6 Å². The molecular formula is C18H24N2O3. The molecular weight excluding hydrogens is 292 g/mol. The molecule has 2 aliphatic heterocycles. The Bertz CT molecular complexity index is 543. The number of carbonyl (C=O) groups excluding carboxylic acids is 2. The van der Waals surface area contributed by atoms with Crippen molar-refractivity contribution in [2.75, 3.05) is 26.3 Å². The smallest absolute Gasteiger partial charge is 0.232 e. The predicted molar refractivity (Wildman–Crippen MR) is 86.9 cm³/mol. The zero-order chi connectivity index (χ0) is 16.1. The molecule has 0 aromatic heterocycles. The largest absolute Gasteiger partial charge is 0.381 e. The quantitative estimate of drug-likeness (QED) is 0.882. The van der Waals surface area contributed by atoms with Crippen LogP contribution in [0.5, 0.6) is 0 Å². The van der Waals surface area contributed by atoms with Crippen molar-refractivity contribution >= 4 is 11.8 Å². The zero-order valence-electron chi connectivity index (χ0n) is 13.3. The molecule has 3 rings (SSSR count). The molecule has 0 spiro atoms. The highest BCUT2D eigenvalue weighted by Gasteiger charge is 2.43. The van der Waals surface area contributed by atoms with Gasteiger partial charge < -0.3 is 15.4 Å². The van der Waals surface area contributed by atoms with Gasteiger partial charge in [-0.25, -0.2) is 0 Å². The van der Waals surface area contributed by atoms with E-state index in [4.69, 9.17) is 4.74 Å².